The number of pyridine rings is 1. The van der Waals surface area contributed by atoms with E-state index in [4.69, 9.17) is 32.7 Å². The van der Waals surface area contributed by atoms with Crippen molar-refractivity contribution in [3.8, 4) is 11.5 Å². The van der Waals surface area contributed by atoms with Crippen molar-refractivity contribution in [2.45, 2.75) is 0 Å². The van der Waals surface area contributed by atoms with E-state index in [-0.39, 0.29) is 15.7 Å². The third-order valence-corrected chi connectivity index (χ3v) is 3.18. The molecule has 0 radical (unpaired) electrons. The Hall–Kier alpha value is -1.98. The van der Waals surface area contributed by atoms with E-state index in [9.17, 15) is 4.79 Å². The highest BCUT2D eigenvalue weighted by Crippen LogP contribution is 2.27. The molecule has 1 aromatic heterocycles. The molecule has 0 fully saturated rings. The summed E-state index contributed by atoms with van der Waals surface area (Å²) in [4.78, 5) is 16.0. The molecule has 110 valence electrons. The first kappa shape index (κ1) is 15.4. The van der Waals surface area contributed by atoms with Crippen molar-refractivity contribution in [2.75, 3.05) is 19.5 Å². The topological polar surface area (TPSA) is 60.5 Å². The van der Waals surface area contributed by atoms with Gasteiger partial charge in [0, 0.05) is 30.1 Å². The lowest BCUT2D eigenvalue weighted by molar-refractivity contribution is 0.102. The molecule has 0 saturated carbocycles. The lowest BCUT2D eigenvalue weighted by atomic mass is 10.2. The lowest BCUT2D eigenvalue weighted by Crippen LogP contribution is -2.13. The van der Waals surface area contributed by atoms with Crippen LogP contribution < -0.4 is 14.8 Å². The molecule has 0 aliphatic carbocycles. The molecule has 0 atom stereocenters. The minimum Gasteiger partial charge on any atom is -0.497 e. The fraction of sp³-hybridized carbons (Fsp3) is 0.143. The molecule has 0 unspecified atom stereocenters. The normalized spacial score (nSPS) is 10.1. The number of aromatic nitrogens is 1. The van der Waals surface area contributed by atoms with Gasteiger partial charge in [0.25, 0.3) is 5.91 Å². The van der Waals surface area contributed by atoms with E-state index in [1.54, 1.807) is 18.2 Å². The van der Waals surface area contributed by atoms with Gasteiger partial charge in [0.15, 0.2) is 0 Å². The first-order valence-corrected chi connectivity index (χ1v) is 6.64. The summed E-state index contributed by atoms with van der Waals surface area (Å²) in [6, 6.07) is 6.43. The number of carbonyl (C=O) groups excluding carboxylic acids is 1. The summed E-state index contributed by atoms with van der Waals surface area (Å²) in [5.74, 6) is 0.714. The molecular formula is C14H12Cl2N2O3. The maximum atomic E-state index is 12.2. The summed E-state index contributed by atoms with van der Waals surface area (Å²) in [7, 11) is 3.06. The van der Waals surface area contributed by atoms with E-state index < -0.39 is 5.91 Å². The van der Waals surface area contributed by atoms with E-state index >= 15 is 0 Å². The van der Waals surface area contributed by atoms with Crippen LogP contribution in [0.5, 0.6) is 11.5 Å². The molecule has 0 spiro atoms. The molecule has 7 heteroatoms. The van der Waals surface area contributed by atoms with E-state index in [1.807, 2.05) is 0 Å². The minimum absolute atomic E-state index is 0.188. The maximum Gasteiger partial charge on any atom is 0.257 e. The summed E-state index contributed by atoms with van der Waals surface area (Å²) >= 11 is 11.7. The van der Waals surface area contributed by atoms with Crippen molar-refractivity contribution in [1.29, 1.82) is 0 Å². The molecular weight excluding hydrogens is 315 g/mol. The number of anilines is 1. The number of nitrogens with one attached hydrogen (secondary N) is 1. The van der Waals surface area contributed by atoms with Gasteiger partial charge in [0.2, 0.25) is 0 Å². The molecule has 0 saturated heterocycles. The number of nitrogens with zero attached hydrogens (tertiary/aromatic N) is 1. The number of hydrogen-bond acceptors (Lipinski definition) is 4. The van der Waals surface area contributed by atoms with Crippen LogP contribution in [-0.4, -0.2) is 25.1 Å². The third-order valence-electron chi connectivity index (χ3n) is 2.68. The second-order valence-corrected chi connectivity index (χ2v) is 4.84. The highest BCUT2D eigenvalue weighted by Gasteiger charge is 2.13. The van der Waals surface area contributed by atoms with Crippen molar-refractivity contribution in [3.05, 3.63) is 46.2 Å². The van der Waals surface area contributed by atoms with Gasteiger partial charge < -0.3 is 14.8 Å². The molecule has 2 aromatic rings. The van der Waals surface area contributed by atoms with Crippen LogP contribution in [0.1, 0.15) is 10.4 Å². The first-order valence-electron chi connectivity index (χ1n) is 5.89. The second-order valence-electron chi connectivity index (χ2n) is 4.04. The number of halogens is 2. The average Bonchev–Trinajstić information content (AvgIpc) is 2.49. The van der Waals surface area contributed by atoms with Gasteiger partial charge in [-0.1, -0.05) is 23.2 Å². The van der Waals surface area contributed by atoms with Crippen LogP contribution in [-0.2, 0) is 0 Å². The molecule has 1 N–H and O–H groups in total. The molecule has 21 heavy (non-hydrogen) atoms. The number of carbonyl (C=O) groups is 1. The quantitative estimate of drug-likeness (QED) is 0.871. The summed E-state index contributed by atoms with van der Waals surface area (Å²) in [5, 5.41) is 3.11. The van der Waals surface area contributed by atoms with Gasteiger partial charge >= 0.3 is 0 Å². The van der Waals surface area contributed by atoms with Crippen LogP contribution >= 0.6 is 23.2 Å². The number of methoxy groups -OCH3 is 2. The molecule has 1 aromatic carbocycles. The highest BCUT2D eigenvalue weighted by molar-refractivity contribution is 6.35. The van der Waals surface area contributed by atoms with Crippen molar-refractivity contribution in [2.24, 2.45) is 0 Å². The average molecular weight is 327 g/mol. The smallest absolute Gasteiger partial charge is 0.257 e. The van der Waals surface area contributed by atoms with Crippen LogP contribution in [0.25, 0.3) is 0 Å². The summed E-state index contributed by atoms with van der Waals surface area (Å²) < 4.78 is 10.3. The fourth-order valence-corrected chi connectivity index (χ4v) is 2.01. The zero-order chi connectivity index (χ0) is 15.4. The highest BCUT2D eigenvalue weighted by atomic mass is 35.5. The predicted molar refractivity (Wildman–Crippen MR) is 81.8 cm³/mol. The minimum atomic E-state index is -0.403. The van der Waals surface area contributed by atoms with Crippen molar-refractivity contribution < 1.29 is 14.3 Å². The van der Waals surface area contributed by atoms with Gasteiger partial charge in [0.1, 0.15) is 16.7 Å². The Morgan fingerprint density at radius 3 is 2.29 bits per heavy atom. The Kier molecular flexibility index (Phi) is 4.88. The molecule has 2 rings (SSSR count). The Labute approximate surface area is 131 Å². The van der Waals surface area contributed by atoms with E-state index in [0.717, 1.165) is 0 Å². The lowest BCUT2D eigenvalue weighted by Gasteiger charge is -2.10. The summed E-state index contributed by atoms with van der Waals surface area (Å²) in [6.45, 7) is 0. The van der Waals surface area contributed by atoms with E-state index in [2.05, 4.69) is 10.3 Å². The van der Waals surface area contributed by atoms with Crippen LogP contribution in [0, 0.1) is 0 Å². The maximum absolute atomic E-state index is 12.2. The monoisotopic (exact) mass is 326 g/mol. The third kappa shape index (κ3) is 3.77. The van der Waals surface area contributed by atoms with Gasteiger partial charge in [-0.25, -0.2) is 4.98 Å². The van der Waals surface area contributed by atoms with Gasteiger partial charge in [-0.05, 0) is 6.07 Å². The Morgan fingerprint density at radius 2 is 1.71 bits per heavy atom. The van der Waals surface area contributed by atoms with Crippen LogP contribution in [0.3, 0.4) is 0 Å². The molecule has 1 amide bonds. The number of hydrogen-bond donors (Lipinski definition) is 1. The zero-order valence-corrected chi connectivity index (χ0v) is 12.8. The number of ether oxygens (including phenoxy) is 2. The van der Waals surface area contributed by atoms with Crippen molar-refractivity contribution in [1.82, 2.24) is 4.98 Å². The van der Waals surface area contributed by atoms with Gasteiger partial charge in [-0.3, -0.25) is 4.79 Å². The van der Waals surface area contributed by atoms with E-state index in [1.165, 1.54) is 26.5 Å². The molecule has 1 heterocycles. The number of benzene rings is 1. The van der Waals surface area contributed by atoms with Crippen molar-refractivity contribution in [3.63, 3.8) is 0 Å². The zero-order valence-electron chi connectivity index (χ0n) is 11.3. The van der Waals surface area contributed by atoms with Gasteiger partial charge in [-0.15, -0.1) is 0 Å². The molecule has 0 aliphatic rings. The van der Waals surface area contributed by atoms with Crippen LogP contribution in [0.2, 0.25) is 10.2 Å². The Bertz CT molecular complexity index is 655. The molecule has 0 bridgehead atoms. The Morgan fingerprint density at radius 1 is 1.10 bits per heavy atom. The van der Waals surface area contributed by atoms with Crippen LogP contribution in [0.4, 0.5) is 5.69 Å². The summed E-state index contributed by atoms with van der Waals surface area (Å²) in [5.41, 5.74) is 0.749. The SMILES string of the molecule is COc1cc(NC(=O)c2cc(Cl)ncc2Cl)cc(OC)c1. The van der Waals surface area contributed by atoms with Gasteiger partial charge in [-0.2, -0.15) is 0 Å². The molecule has 5 nitrogen and oxygen atoms in total. The first-order chi connectivity index (χ1) is 10.0. The summed E-state index contributed by atoms with van der Waals surface area (Å²) in [6.07, 6.45) is 1.32. The van der Waals surface area contributed by atoms with Crippen LogP contribution in [0.15, 0.2) is 30.5 Å². The second kappa shape index (κ2) is 6.65. The van der Waals surface area contributed by atoms with Crippen molar-refractivity contribution >= 4 is 34.8 Å². The Balaban J connectivity index is 2.28. The number of amides is 1. The number of rotatable bonds is 4. The molecule has 0 aliphatic heterocycles. The predicted octanol–water partition coefficient (Wildman–Crippen LogP) is 3.66. The van der Waals surface area contributed by atoms with Gasteiger partial charge in [0.05, 0.1) is 24.8 Å². The largest absolute Gasteiger partial charge is 0.497 e. The van der Waals surface area contributed by atoms with E-state index in [0.29, 0.717) is 17.2 Å². The fourth-order valence-electron chi connectivity index (χ4n) is 1.67. The standard InChI is InChI=1S/C14H12Cl2N2O3/c1-20-9-3-8(4-10(5-9)21-2)18-14(19)11-6-13(16)17-7-12(11)15/h3-7H,1-2H3,(H,18,19).